The summed E-state index contributed by atoms with van der Waals surface area (Å²) in [5, 5.41) is 4.10. The number of aromatic nitrogens is 2. The van der Waals surface area contributed by atoms with Gasteiger partial charge in [-0.3, -0.25) is 14.5 Å². The highest BCUT2D eigenvalue weighted by Gasteiger charge is 2.26. The van der Waals surface area contributed by atoms with Crippen LogP contribution in [-0.2, 0) is 30.4 Å². The van der Waals surface area contributed by atoms with Crippen LogP contribution in [0.3, 0.4) is 0 Å². The summed E-state index contributed by atoms with van der Waals surface area (Å²) in [5.41, 5.74) is 0.791. The van der Waals surface area contributed by atoms with Gasteiger partial charge in [0, 0.05) is 38.0 Å². The highest BCUT2D eigenvalue weighted by molar-refractivity contribution is 5.91. The van der Waals surface area contributed by atoms with Gasteiger partial charge in [-0.1, -0.05) is 26.0 Å². The Morgan fingerprint density at radius 3 is 2.35 bits per heavy atom. The van der Waals surface area contributed by atoms with Gasteiger partial charge in [0.1, 0.15) is 17.7 Å². The number of esters is 2. The first-order valence-electron chi connectivity index (χ1n) is 11.5. The molecule has 0 bridgehead atoms. The van der Waals surface area contributed by atoms with E-state index in [4.69, 9.17) is 14.7 Å². The van der Waals surface area contributed by atoms with Crippen LogP contribution in [0.5, 0.6) is 0 Å². The van der Waals surface area contributed by atoms with Crippen molar-refractivity contribution in [1.82, 2.24) is 19.8 Å². The Bertz CT molecular complexity index is 1020. The molecule has 2 aromatic rings. The van der Waals surface area contributed by atoms with Crippen molar-refractivity contribution < 1.29 is 23.9 Å². The molecule has 0 radical (unpaired) electrons. The normalized spacial score (nSPS) is 15.3. The minimum atomic E-state index is -0.532. The SMILES string of the molecule is COC(=O)CCC(=O)N1CCN(Cc2nc(N[C@H](C(=O)OC)C(C)C)c3ccccc3n2)CC1. The summed E-state index contributed by atoms with van der Waals surface area (Å²) in [6.45, 7) is 6.94. The van der Waals surface area contributed by atoms with E-state index < -0.39 is 6.04 Å². The Labute approximate surface area is 199 Å². The average molecular weight is 472 g/mol. The maximum Gasteiger partial charge on any atom is 0.328 e. The Hall–Kier alpha value is -3.27. The number of methoxy groups -OCH3 is 2. The number of nitrogens with one attached hydrogen (secondary N) is 1. The minimum absolute atomic E-state index is 0.00873. The molecule has 1 aromatic heterocycles. The van der Waals surface area contributed by atoms with Gasteiger partial charge in [0.25, 0.3) is 0 Å². The quantitative estimate of drug-likeness (QED) is 0.547. The maximum atomic E-state index is 12.3. The zero-order valence-electron chi connectivity index (χ0n) is 20.2. The Balaban J connectivity index is 1.69. The molecule has 10 nitrogen and oxygen atoms in total. The molecule has 10 heteroatoms. The number of amides is 1. The number of hydrogen-bond donors (Lipinski definition) is 1. The van der Waals surface area contributed by atoms with Crippen molar-refractivity contribution in [3.63, 3.8) is 0 Å². The lowest BCUT2D eigenvalue weighted by molar-refractivity contribution is -0.144. The number of para-hydroxylation sites is 1. The molecule has 0 aliphatic carbocycles. The summed E-state index contributed by atoms with van der Waals surface area (Å²) in [7, 11) is 2.70. The summed E-state index contributed by atoms with van der Waals surface area (Å²) in [5.74, 6) is 0.486. The summed E-state index contributed by atoms with van der Waals surface area (Å²) >= 11 is 0. The van der Waals surface area contributed by atoms with E-state index in [1.54, 1.807) is 4.90 Å². The molecule has 1 aromatic carbocycles. The van der Waals surface area contributed by atoms with Crippen LogP contribution in [0, 0.1) is 5.92 Å². The van der Waals surface area contributed by atoms with Crippen LogP contribution < -0.4 is 5.32 Å². The topological polar surface area (TPSA) is 114 Å². The van der Waals surface area contributed by atoms with Crippen LogP contribution in [0.4, 0.5) is 5.82 Å². The second-order valence-corrected chi connectivity index (χ2v) is 8.63. The largest absolute Gasteiger partial charge is 0.469 e. The number of fused-ring (bicyclic) bond motifs is 1. The lowest BCUT2D eigenvalue weighted by Gasteiger charge is -2.34. The van der Waals surface area contributed by atoms with E-state index >= 15 is 0 Å². The maximum absolute atomic E-state index is 12.3. The lowest BCUT2D eigenvalue weighted by Crippen LogP contribution is -2.48. The molecule has 1 amide bonds. The van der Waals surface area contributed by atoms with Crippen LogP contribution in [0.15, 0.2) is 24.3 Å². The lowest BCUT2D eigenvalue weighted by atomic mass is 10.0. The average Bonchev–Trinajstić information content (AvgIpc) is 2.85. The van der Waals surface area contributed by atoms with Crippen molar-refractivity contribution in [3.05, 3.63) is 30.1 Å². The number of anilines is 1. The minimum Gasteiger partial charge on any atom is -0.469 e. The summed E-state index contributed by atoms with van der Waals surface area (Å²) in [6.07, 6.45) is 0.256. The van der Waals surface area contributed by atoms with Gasteiger partial charge in [-0.05, 0) is 18.1 Å². The third kappa shape index (κ3) is 6.40. The molecule has 0 unspecified atom stereocenters. The van der Waals surface area contributed by atoms with Crippen LogP contribution in [-0.4, -0.2) is 84.1 Å². The van der Waals surface area contributed by atoms with E-state index in [9.17, 15) is 14.4 Å². The number of hydrogen-bond acceptors (Lipinski definition) is 9. The second-order valence-electron chi connectivity index (χ2n) is 8.63. The molecule has 34 heavy (non-hydrogen) atoms. The molecule has 1 N–H and O–H groups in total. The van der Waals surface area contributed by atoms with Crippen LogP contribution in [0.25, 0.3) is 10.9 Å². The van der Waals surface area contributed by atoms with Crippen molar-refractivity contribution in [1.29, 1.82) is 0 Å². The van der Waals surface area contributed by atoms with Gasteiger partial charge >= 0.3 is 11.9 Å². The van der Waals surface area contributed by atoms with Gasteiger partial charge in [0.05, 0.1) is 32.7 Å². The van der Waals surface area contributed by atoms with Crippen molar-refractivity contribution >= 4 is 34.6 Å². The summed E-state index contributed by atoms with van der Waals surface area (Å²) < 4.78 is 9.57. The standard InChI is InChI=1S/C24H33N5O5/c1-16(2)22(24(32)34-4)27-23-17-7-5-6-8-18(17)25-19(26-23)15-28-11-13-29(14-12-28)20(30)9-10-21(31)33-3/h5-8,16,22H,9-15H2,1-4H3,(H,25,26,27)/t22-/m0/s1. The molecule has 2 heterocycles. The van der Waals surface area contributed by atoms with Crippen LogP contribution in [0.1, 0.15) is 32.5 Å². The van der Waals surface area contributed by atoms with Crippen LogP contribution >= 0.6 is 0 Å². The van der Waals surface area contributed by atoms with Gasteiger partial charge in [-0.15, -0.1) is 0 Å². The molecular formula is C24H33N5O5. The molecule has 0 spiro atoms. The number of piperazine rings is 1. The fraction of sp³-hybridized carbons (Fsp3) is 0.542. The van der Waals surface area contributed by atoms with Crippen LogP contribution in [0.2, 0.25) is 0 Å². The Morgan fingerprint density at radius 1 is 1.00 bits per heavy atom. The highest BCUT2D eigenvalue weighted by atomic mass is 16.5. The van der Waals surface area contributed by atoms with Gasteiger partial charge in [-0.2, -0.15) is 0 Å². The molecular weight excluding hydrogens is 438 g/mol. The van der Waals surface area contributed by atoms with Gasteiger partial charge in [0.15, 0.2) is 0 Å². The zero-order chi connectivity index (χ0) is 24.7. The van der Waals surface area contributed by atoms with E-state index in [2.05, 4.69) is 15.0 Å². The molecule has 1 saturated heterocycles. The number of rotatable bonds is 9. The fourth-order valence-corrected chi connectivity index (χ4v) is 3.90. The number of ether oxygens (including phenoxy) is 2. The van der Waals surface area contributed by atoms with E-state index in [0.29, 0.717) is 44.4 Å². The third-order valence-corrected chi connectivity index (χ3v) is 5.92. The molecule has 1 fully saturated rings. The number of carbonyl (C=O) groups is 3. The number of benzene rings is 1. The predicted molar refractivity (Wildman–Crippen MR) is 127 cm³/mol. The molecule has 1 aliphatic rings. The van der Waals surface area contributed by atoms with E-state index in [-0.39, 0.29) is 36.6 Å². The van der Waals surface area contributed by atoms with Crippen molar-refractivity contribution in [2.45, 2.75) is 39.3 Å². The summed E-state index contributed by atoms with van der Waals surface area (Å²) in [6, 6.07) is 7.15. The summed E-state index contributed by atoms with van der Waals surface area (Å²) in [4.78, 5) is 49.3. The molecule has 3 rings (SSSR count). The van der Waals surface area contributed by atoms with Crippen molar-refractivity contribution in [2.24, 2.45) is 5.92 Å². The fourth-order valence-electron chi connectivity index (χ4n) is 3.90. The smallest absolute Gasteiger partial charge is 0.328 e. The van der Waals surface area contributed by atoms with Crippen molar-refractivity contribution in [2.75, 3.05) is 45.7 Å². The monoisotopic (exact) mass is 471 g/mol. The first-order valence-corrected chi connectivity index (χ1v) is 11.5. The molecule has 0 saturated carbocycles. The van der Waals surface area contributed by atoms with E-state index in [1.807, 2.05) is 38.1 Å². The number of carbonyl (C=O) groups excluding carboxylic acids is 3. The van der Waals surface area contributed by atoms with E-state index in [0.717, 1.165) is 10.9 Å². The van der Waals surface area contributed by atoms with E-state index in [1.165, 1.54) is 14.2 Å². The van der Waals surface area contributed by atoms with Gasteiger partial charge in [-0.25, -0.2) is 14.8 Å². The van der Waals surface area contributed by atoms with Gasteiger partial charge < -0.3 is 19.7 Å². The zero-order valence-corrected chi connectivity index (χ0v) is 20.2. The first-order chi connectivity index (χ1) is 16.3. The molecule has 1 atom stereocenters. The van der Waals surface area contributed by atoms with Gasteiger partial charge in [0.2, 0.25) is 5.91 Å². The Kier molecular flexibility index (Phi) is 8.75. The predicted octanol–water partition coefficient (Wildman–Crippen LogP) is 1.84. The molecule has 184 valence electrons. The second kappa shape index (κ2) is 11.7. The highest BCUT2D eigenvalue weighted by Crippen LogP contribution is 2.23. The number of nitrogens with zero attached hydrogens (tertiary/aromatic N) is 4. The Morgan fingerprint density at radius 2 is 1.71 bits per heavy atom. The molecule has 1 aliphatic heterocycles. The first kappa shape index (κ1) is 25.4. The third-order valence-electron chi connectivity index (χ3n) is 5.92. The van der Waals surface area contributed by atoms with Crippen molar-refractivity contribution in [3.8, 4) is 0 Å².